The van der Waals surface area contributed by atoms with Crippen LogP contribution < -0.4 is 5.32 Å². The molecule has 2 aromatic carbocycles. The Hall–Kier alpha value is -3.34. The Labute approximate surface area is 193 Å². The molecule has 1 heterocycles. The molecule has 7 nitrogen and oxygen atoms in total. The number of amides is 2. The number of nitrogens with zero attached hydrogens (tertiary/aromatic N) is 4. The number of benzene rings is 2. The highest BCUT2D eigenvalue weighted by Crippen LogP contribution is 2.34. The molecule has 0 unspecified atom stereocenters. The molecule has 11 heteroatoms. The van der Waals surface area contributed by atoms with Crippen LogP contribution in [0.4, 0.5) is 18.9 Å². The van der Waals surface area contributed by atoms with Gasteiger partial charge in [-0.3, -0.25) is 9.59 Å². The van der Waals surface area contributed by atoms with Gasteiger partial charge in [0.25, 0.3) is 0 Å². The molecule has 0 saturated heterocycles. The highest BCUT2D eigenvalue weighted by molar-refractivity contribution is 7.99. The second kappa shape index (κ2) is 10.1. The third-order valence-corrected chi connectivity index (χ3v) is 5.75. The number of carbonyl (C=O) groups is 2. The second-order valence-electron chi connectivity index (χ2n) is 7.36. The first-order valence-electron chi connectivity index (χ1n) is 9.85. The fraction of sp³-hybridized carbons (Fsp3) is 0.273. The lowest BCUT2D eigenvalue weighted by atomic mass is 10.1. The van der Waals surface area contributed by atoms with Gasteiger partial charge in [-0.05, 0) is 25.1 Å². The number of hydrogen-bond donors (Lipinski definition) is 1. The van der Waals surface area contributed by atoms with E-state index in [2.05, 4.69) is 15.5 Å². The van der Waals surface area contributed by atoms with Crippen LogP contribution in [0.5, 0.6) is 0 Å². The van der Waals surface area contributed by atoms with Crippen LogP contribution in [0.25, 0.3) is 11.4 Å². The smallest absolute Gasteiger partial charge is 0.336 e. The number of rotatable bonds is 7. The Morgan fingerprint density at radius 3 is 2.55 bits per heavy atom. The summed E-state index contributed by atoms with van der Waals surface area (Å²) in [6, 6.07) is 12.5. The minimum absolute atomic E-state index is 0.0112. The molecule has 0 saturated carbocycles. The summed E-state index contributed by atoms with van der Waals surface area (Å²) < 4.78 is 41.0. The molecule has 174 valence electrons. The zero-order valence-corrected chi connectivity index (χ0v) is 19.0. The lowest BCUT2D eigenvalue weighted by molar-refractivity contribution is -0.137. The highest BCUT2D eigenvalue weighted by atomic mass is 32.2. The van der Waals surface area contributed by atoms with E-state index in [1.54, 1.807) is 11.6 Å². The number of halogens is 3. The molecule has 0 aliphatic rings. The Kier molecular flexibility index (Phi) is 7.42. The number of thioether (sulfide) groups is 1. The van der Waals surface area contributed by atoms with Crippen molar-refractivity contribution < 1.29 is 22.8 Å². The summed E-state index contributed by atoms with van der Waals surface area (Å²) in [4.78, 5) is 25.8. The van der Waals surface area contributed by atoms with E-state index in [1.165, 1.54) is 19.2 Å². The molecule has 0 atom stereocenters. The van der Waals surface area contributed by atoms with E-state index in [4.69, 9.17) is 0 Å². The van der Waals surface area contributed by atoms with Crippen molar-refractivity contribution >= 4 is 29.3 Å². The molecule has 33 heavy (non-hydrogen) atoms. The minimum atomic E-state index is -4.60. The lowest BCUT2D eigenvalue weighted by Crippen LogP contribution is -2.36. The second-order valence-corrected chi connectivity index (χ2v) is 8.31. The van der Waals surface area contributed by atoms with Crippen LogP contribution in [-0.2, 0) is 22.8 Å². The average molecular weight is 478 g/mol. The van der Waals surface area contributed by atoms with Crippen LogP contribution in [-0.4, -0.2) is 50.8 Å². The fourth-order valence-corrected chi connectivity index (χ4v) is 3.90. The van der Waals surface area contributed by atoms with Gasteiger partial charge < -0.3 is 14.8 Å². The predicted octanol–water partition coefficient (Wildman–Crippen LogP) is 4.00. The summed E-state index contributed by atoms with van der Waals surface area (Å²) in [5, 5.41) is 11.1. The molecule has 0 aliphatic heterocycles. The molecule has 2 amide bonds. The molecular formula is C22H22F3N5O2S. The van der Waals surface area contributed by atoms with Crippen LogP contribution in [0, 0.1) is 6.92 Å². The summed E-state index contributed by atoms with van der Waals surface area (Å²) in [6.45, 7) is 1.58. The fourth-order valence-electron chi connectivity index (χ4n) is 3.05. The van der Waals surface area contributed by atoms with E-state index in [0.29, 0.717) is 11.0 Å². The first-order valence-corrected chi connectivity index (χ1v) is 10.8. The summed E-state index contributed by atoms with van der Waals surface area (Å²) in [7, 11) is 3.20. The average Bonchev–Trinajstić information content (AvgIpc) is 3.11. The number of anilines is 1. The number of para-hydroxylation sites is 1. The van der Waals surface area contributed by atoms with Gasteiger partial charge in [-0.15, -0.1) is 10.2 Å². The van der Waals surface area contributed by atoms with Crippen molar-refractivity contribution in [2.75, 3.05) is 24.7 Å². The van der Waals surface area contributed by atoms with Crippen molar-refractivity contribution in [1.29, 1.82) is 0 Å². The Balaban J connectivity index is 1.57. The Morgan fingerprint density at radius 1 is 1.12 bits per heavy atom. The summed E-state index contributed by atoms with van der Waals surface area (Å²) in [5.74, 6) is -0.458. The summed E-state index contributed by atoms with van der Waals surface area (Å²) in [5.41, 5.74) is 0.677. The largest absolute Gasteiger partial charge is 0.418 e. The Bertz CT molecular complexity index is 1160. The molecule has 0 radical (unpaired) electrons. The van der Waals surface area contributed by atoms with Crippen molar-refractivity contribution in [2.45, 2.75) is 18.3 Å². The summed E-state index contributed by atoms with van der Waals surface area (Å²) in [6.07, 6.45) is -4.60. The normalized spacial score (nSPS) is 11.3. The summed E-state index contributed by atoms with van der Waals surface area (Å²) >= 11 is 1.16. The molecule has 3 rings (SSSR count). The van der Waals surface area contributed by atoms with Crippen molar-refractivity contribution in [3.63, 3.8) is 0 Å². The van der Waals surface area contributed by atoms with Gasteiger partial charge in [0, 0.05) is 19.7 Å². The molecule has 0 spiro atoms. The standard InChI is InChI=1S/C22H22F3N5O2S/c1-14-7-6-8-15(11-14)20-27-28-21(30(20)3)33-13-19(32)29(2)12-18(31)26-17-10-5-4-9-16(17)22(23,24)25/h4-11H,12-13H2,1-3H3,(H,26,31). The van der Waals surface area contributed by atoms with E-state index in [9.17, 15) is 22.8 Å². The number of carbonyl (C=O) groups excluding carboxylic acids is 2. The zero-order valence-electron chi connectivity index (χ0n) is 18.2. The van der Waals surface area contributed by atoms with Crippen LogP contribution >= 0.6 is 11.8 Å². The predicted molar refractivity (Wildman–Crippen MR) is 120 cm³/mol. The van der Waals surface area contributed by atoms with Gasteiger partial charge >= 0.3 is 6.18 Å². The third kappa shape index (κ3) is 6.13. The molecule has 1 N–H and O–H groups in total. The van der Waals surface area contributed by atoms with Gasteiger partial charge in [0.15, 0.2) is 11.0 Å². The van der Waals surface area contributed by atoms with E-state index < -0.39 is 17.6 Å². The Morgan fingerprint density at radius 2 is 1.85 bits per heavy atom. The minimum Gasteiger partial charge on any atom is -0.336 e. The van der Waals surface area contributed by atoms with Crippen LogP contribution in [0.15, 0.2) is 53.7 Å². The van der Waals surface area contributed by atoms with Crippen molar-refractivity contribution in [3.05, 3.63) is 59.7 Å². The third-order valence-electron chi connectivity index (χ3n) is 4.75. The van der Waals surface area contributed by atoms with Crippen molar-refractivity contribution in [3.8, 4) is 11.4 Å². The van der Waals surface area contributed by atoms with E-state index in [1.807, 2.05) is 31.2 Å². The maximum atomic E-state index is 13.1. The van der Waals surface area contributed by atoms with Crippen molar-refractivity contribution in [2.24, 2.45) is 7.05 Å². The maximum absolute atomic E-state index is 13.1. The highest BCUT2D eigenvalue weighted by Gasteiger charge is 2.33. The SMILES string of the molecule is Cc1cccc(-c2nnc(SCC(=O)N(C)CC(=O)Nc3ccccc3C(F)(F)F)n2C)c1. The van der Waals surface area contributed by atoms with Gasteiger partial charge in [-0.1, -0.05) is 47.7 Å². The molecule has 0 aliphatic carbocycles. The maximum Gasteiger partial charge on any atom is 0.418 e. The molecule has 0 fully saturated rings. The van der Waals surface area contributed by atoms with E-state index in [-0.39, 0.29) is 23.9 Å². The van der Waals surface area contributed by atoms with Gasteiger partial charge in [-0.25, -0.2) is 0 Å². The zero-order chi connectivity index (χ0) is 24.2. The topological polar surface area (TPSA) is 80.1 Å². The monoisotopic (exact) mass is 477 g/mol. The van der Waals surface area contributed by atoms with E-state index in [0.717, 1.165) is 39.9 Å². The number of alkyl halides is 3. The van der Waals surface area contributed by atoms with Crippen LogP contribution in [0.2, 0.25) is 0 Å². The van der Waals surface area contributed by atoms with Gasteiger partial charge in [0.05, 0.1) is 23.5 Å². The number of aryl methyl sites for hydroxylation is 1. The van der Waals surface area contributed by atoms with Crippen LogP contribution in [0.3, 0.4) is 0 Å². The number of aromatic nitrogens is 3. The van der Waals surface area contributed by atoms with Gasteiger partial charge in [0.2, 0.25) is 11.8 Å². The number of nitrogens with one attached hydrogen (secondary N) is 1. The quantitative estimate of drug-likeness (QED) is 0.521. The molecule has 0 bridgehead atoms. The van der Waals surface area contributed by atoms with Gasteiger partial charge in [0.1, 0.15) is 0 Å². The lowest BCUT2D eigenvalue weighted by Gasteiger charge is -2.18. The van der Waals surface area contributed by atoms with Crippen molar-refractivity contribution in [1.82, 2.24) is 19.7 Å². The molecule has 1 aromatic heterocycles. The number of likely N-dealkylation sites (N-methyl/N-ethyl adjacent to an activating group) is 1. The van der Waals surface area contributed by atoms with Crippen LogP contribution in [0.1, 0.15) is 11.1 Å². The number of hydrogen-bond acceptors (Lipinski definition) is 5. The molecular weight excluding hydrogens is 455 g/mol. The molecule has 3 aromatic rings. The first kappa shape index (κ1) is 24.3. The van der Waals surface area contributed by atoms with E-state index >= 15 is 0 Å². The first-order chi connectivity index (χ1) is 15.6. The van der Waals surface area contributed by atoms with Gasteiger partial charge in [-0.2, -0.15) is 13.2 Å².